The van der Waals surface area contributed by atoms with Crippen molar-refractivity contribution in [3.63, 3.8) is 0 Å². The fourth-order valence-corrected chi connectivity index (χ4v) is 6.52. The molecule has 11 heteroatoms. The standard InChI is InChI=1S/C27H29ClN4O5S/c1-35-21-13-22(36-2)19(28)12-16(21)9-10-27(18-7-3-4-8-18)14-20(33)23(25(34)37-27)38-26-30-24(31-32-26)17-6-5-11-29-15-17/h5-6,11-13,15,18,23H,3-4,7-10,14H2,1-2H3,(H,30,31,32). The molecule has 0 bridgehead atoms. The molecule has 1 N–H and O–H groups in total. The molecule has 2 aromatic heterocycles. The number of carbonyl (C=O) groups is 2. The summed E-state index contributed by atoms with van der Waals surface area (Å²) in [5, 5.41) is 6.82. The van der Waals surface area contributed by atoms with E-state index in [1.807, 2.05) is 12.1 Å². The maximum Gasteiger partial charge on any atom is 0.327 e. The highest BCUT2D eigenvalue weighted by molar-refractivity contribution is 8.01. The van der Waals surface area contributed by atoms with Crippen molar-refractivity contribution in [2.45, 2.75) is 61.0 Å². The first-order valence-electron chi connectivity index (χ1n) is 12.6. The third-order valence-electron chi connectivity index (χ3n) is 7.38. The SMILES string of the molecule is COc1cc(OC)c(CCC2(C3CCCC3)CC(=O)C(Sc3n[nH]c(-c4cccnc4)n3)C(=O)O2)cc1Cl. The minimum Gasteiger partial charge on any atom is -0.496 e. The zero-order chi connectivity index (χ0) is 26.7. The predicted octanol–water partition coefficient (Wildman–Crippen LogP) is 5.08. The summed E-state index contributed by atoms with van der Waals surface area (Å²) >= 11 is 7.40. The monoisotopic (exact) mass is 556 g/mol. The Bertz CT molecular complexity index is 1290. The number of methoxy groups -OCH3 is 2. The Hall–Kier alpha value is -3.11. The van der Waals surface area contributed by atoms with Crippen LogP contribution in [0.4, 0.5) is 0 Å². The number of benzene rings is 1. The average molecular weight is 557 g/mol. The maximum atomic E-state index is 13.5. The predicted molar refractivity (Wildman–Crippen MR) is 143 cm³/mol. The fourth-order valence-electron chi connectivity index (χ4n) is 5.45. The zero-order valence-corrected chi connectivity index (χ0v) is 22.8. The highest BCUT2D eigenvalue weighted by Gasteiger charge is 2.52. The highest BCUT2D eigenvalue weighted by Crippen LogP contribution is 2.46. The summed E-state index contributed by atoms with van der Waals surface area (Å²) in [5.74, 6) is 1.11. The summed E-state index contributed by atoms with van der Waals surface area (Å²) in [6, 6.07) is 7.21. The summed E-state index contributed by atoms with van der Waals surface area (Å²) in [6.45, 7) is 0. The third-order valence-corrected chi connectivity index (χ3v) is 8.76. The van der Waals surface area contributed by atoms with E-state index in [1.54, 1.807) is 38.7 Å². The van der Waals surface area contributed by atoms with Crippen molar-refractivity contribution in [2.24, 2.45) is 5.92 Å². The molecule has 9 nitrogen and oxygen atoms in total. The van der Waals surface area contributed by atoms with Crippen LogP contribution in [0.2, 0.25) is 5.02 Å². The number of H-pyrrole nitrogens is 1. The number of esters is 1. The maximum absolute atomic E-state index is 13.5. The van der Waals surface area contributed by atoms with E-state index >= 15 is 0 Å². The number of hydrogen-bond acceptors (Lipinski definition) is 9. The average Bonchev–Trinajstić information content (AvgIpc) is 3.63. The van der Waals surface area contributed by atoms with Gasteiger partial charge in [-0.3, -0.25) is 19.7 Å². The van der Waals surface area contributed by atoms with Crippen LogP contribution in [-0.2, 0) is 20.7 Å². The molecule has 0 radical (unpaired) electrons. The number of aromatic nitrogens is 4. The summed E-state index contributed by atoms with van der Waals surface area (Å²) in [4.78, 5) is 35.3. The van der Waals surface area contributed by atoms with E-state index in [2.05, 4.69) is 20.2 Å². The number of Topliss-reactive ketones (excluding diaryl/α,β-unsaturated/α-hetero) is 1. The lowest BCUT2D eigenvalue weighted by Crippen LogP contribution is -2.53. The minimum absolute atomic E-state index is 0.127. The highest BCUT2D eigenvalue weighted by atomic mass is 35.5. The fraction of sp³-hybridized carbons (Fsp3) is 0.444. The smallest absolute Gasteiger partial charge is 0.327 e. The van der Waals surface area contributed by atoms with Gasteiger partial charge in [0, 0.05) is 30.4 Å². The van der Waals surface area contributed by atoms with Gasteiger partial charge in [-0.25, -0.2) is 4.98 Å². The first-order valence-corrected chi connectivity index (χ1v) is 13.8. The number of thioether (sulfide) groups is 1. The number of cyclic esters (lactones) is 1. The molecule has 38 heavy (non-hydrogen) atoms. The third kappa shape index (κ3) is 5.37. The largest absolute Gasteiger partial charge is 0.496 e. The summed E-state index contributed by atoms with van der Waals surface area (Å²) in [6.07, 6.45) is 8.49. The molecule has 200 valence electrons. The lowest BCUT2D eigenvalue weighted by atomic mass is 9.76. The second-order valence-electron chi connectivity index (χ2n) is 9.62. The van der Waals surface area contributed by atoms with Gasteiger partial charge in [-0.2, -0.15) is 0 Å². The topological polar surface area (TPSA) is 116 Å². The number of carbonyl (C=O) groups excluding carboxylic acids is 2. The van der Waals surface area contributed by atoms with Crippen LogP contribution >= 0.6 is 23.4 Å². The minimum atomic E-state index is -1.01. The molecule has 5 rings (SSSR count). The van der Waals surface area contributed by atoms with Crippen LogP contribution in [0.3, 0.4) is 0 Å². The van der Waals surface area contributed by atoms with Crippen LogP contribution in [0.25, 0.3) is 11.4 Å². The first kappa shape index (κ1) is 26.5. The molecule has 1 aliphatic heterocycles. The van der Waals surface area contributed by atoms with Crippen LogP contribution in [0.1, 0.15) is 44.1 Å². The van der Waals surface area contributed by atoms with E-state index in [4.69, 9.17) is 25.8 Å². The van der Waals surface area contributed by atoms with Crippen LogP contribution in [-0.4, -0.2) is 57.0 Å². The van der Waals surface area contributed by atoms with Gasteiger partial charge in [0.05, 0.1) is 19.2 Å². The van der Waals surface area contributed by atoms with E-state index in [-0.39, 0.29) is 18.1 Å². The Morgan fingerprint density at radius 1 is 1.18 bits per heavy atom. The number of nitrogens with one attached hydrogen (secondary N) is 1. The molecule has 2 atom stereocenters. The van der Waals surface area contributed by atoms with E-state index in [0.717, 1.165) is 48.6 Å². The van der Waals surface area contributed by atoms with Crippen molar-refractivity contribution >= 4 is 35.1 Å². The molecule has 1 saturated carbocycles. The number of aromatic amines is 1. The van der Waals surface area contributed by atoms with Gasteiger partial charge in [-0.05, 0) is 55.4 Å². The van der Waals surface area contributed by atoms with Crippen LogP contribution in [0.5, 0.6) is 11.5 Å². The molecule has 2 unspecified atom stereocenters. The van der Waals surface area contributed by atoms with Gasteiger partial charge in [-0.1, -0.05) is 36.2 Å². The molecule has 2 aliphatic rings. The zero-order valence-electron chi connectivity index (χ0n) is 21.2. The number of halogens is 1. The van der Waals surface area contributed by atoms with Gasteiger partial charge in [0.15, 0.2) is 16.9 Å². The molecule has 1 aromatic carbocycles. The Morgan fingerprint density at radius 2 is 1.97 bits per heavy atom. The van der Waals surface area contributed by atoms with E-state index in [0.29, 0.717) is 40.3 Å². The van der Waals surface area contributed by atoms with Gasteiger partial charge >= 0.3 is 5.97 Å². The first-order chi connectivity index (χ1) is 18.4. The number of nitrogens with zero attached hydrogens (tertiary/aromatic N) is 3. The lowest BCUT2D eigenvalue weighted by molar-refractivity contribution is -0.177. The second kappa shape index (κ2) is 11.3. The van der Waals surface area contributed by atoms with E-state index in [1.165, 1.54) is 0 Å². The number of ketones is 1. The number of pyridine rings is 1. The van der Waals surface area contributed by atoms with Crippen molar-refractivity contribution in [1.82, 2.24) is 20.2 Å². The van der Waals surface area contributed by atoms with Crippen molar-refractivity contribution < 1.29 is 23.8 Å². The molecule has 1 aliphatic carbocycles. The van der Waals surface area contributed by atoms with Crippen molar-refractivity contribution in [3.05, 3.63) is 47.2 Å². The quantitative estimate of drug-likeness (QED) is 0.284. The molecule has 2 fully saturated rings. The Labute approximate surface area is 230 Å². The second-order valence-corrected chi connectivity index (χ2v) is 11.1. The van der Waals surface area contributed by atoms with Gasteiger partial charge in [0.2, 0.25) is 5.16 Å². The van der Waals surface area contributed by atoms with E-state index in [9.17, 15) is 9.59 Å². The van der Waals surface area contributed by atoms with E-state index < -0.39 is 16.8 Å². The molecule has 3 heterocycles. The van der Waals surface area contributed by atoms with Gasteiger partial charge in [-0.15, -0.1) is 5.10 Å². The molecule has 0 spiro atoms. The summed E-state index contributed by atoms with van der Waals surface area (Å²) in [5.41, 5.74) is 0.775. The lowest BCUT2D eigenvalue weighted by Gasteiger charge is -2.42. The number of ether oxygens (including phenoxy) is 3. The Kier molecular flexibility index (Phi) is 7.90. The van der Waals surface area contributed by atoms with Gasteiger partial charge < -0.3 is 14.2 Å². The normalized spacial score (nSPS) is 21.9. The summed E-state index contributed by atoms with van der Waals surface area (Å²) < 4.78 is 17.1. The number of aryl methyl sites for hydroxylation is 1. The number of rotatable bonds is 9. The number of hydrogen-bond donors (Lipinski definition) is 1. The van der Waals surface area contributed by atoms with Crippen LogP contribution < -0.4 is 9.47 Å². The van der Waals surface area contributed by atoms with Crippen molar-refractivity contribution in [2.75, 3.05) is 14.2 Å². The van der Waals surface area contributed by atoms with Crippen molar-refractivity contribution in [3.8, 4) is 22.9 Å². The molecule has 3 aromatic rings. The van der Waals surface area contributed by atoms with Crippen LogP contribution in [0, 0.1) is 5.92 Å². The van der Waals surface area contributed by atoms with Crippen molar-refractivity contribution in [1.29, 1.82) is 0 Å². The van der Waals surface area contributed by atoms with Crippen LogP contribution in [0.15, 0.2) is 41.8 Å². The Morgan fingerprint density at radius 3 is 2.66 bits per heavy atom. The van der Waals surface area contributed by atoms with Gasteiger partial charge in [0.1, 0.15) is 17.1 Å². The molecular formula is C27H29ClN4O5S. The molecule has 1 saturated heterocycles. The van der Waals surface area contributed by atoms with Gasteiger partial charge in [0.25, 0.3) is 0 Å². The molecule has 0 amide bonds. The Balaban J connectivity index is 1.34. The summed E-state index contributed by atoms with van der Waals surface area (Å²) in [7, 11) is 3.14. The molecular weight excluding hydrogens is 528 g/mol.